The van der Waals surface area contributed by atoms with E-state index in [0.29, 0.717) is 18.0 Å². The second-order valence-corrected chi connectivity index (χ2v) is 6.48. The van der Waals surface area contributed by atoms with Crippen molar-refractivity contribution in [2.75, 3.05) is 27.4 Å². The quantitative estimate of drug-likeness (QED) is 0.770. The molecular formula is C21H23NO6. The molecule has 1 aliphatic heterocycles. The first-order valence-corrected chi connectivity index (χ1v) is 9.01. The van der Waals surface area contributed by atoms with E-state index in [0.717, 1.165) is 18.4 Å². The standard InChI is InChI=1S/C21H23NO6/c1-26-16-8-9-19(27-2)17(12-16)18-7-4-10-22(18)20(24)13-28-21(25)14-5-3-6-15(23)11-14/h3,5-6,8-9,11-12,18,23H,4,7,10,13H2,1-2H3/t18-/m0/s1. The maximum Gasteiger partial charge on any atom is 0.338 e. The third-order valence-corrected chi connectivity index (χ3v) is 4.78. The Kier molecular flexibility index (Phi) is 6.03. The Bertz CT molecular complexity index is 866. The van der Waals surface area contributed by atoms with E-state index in [1.165, 1.54) is 18.2 Å². The minimum Gasteiger partial charge on any atom is -0.508 e. The van der Waals surface area contributed by atoms with Crippen molar-refractivity contribution in [3.63, 3.8) is 0 Å². The van der Waals surface area contributed by atoms with Crippen LogP contribution in [0.15, 0.2) is 42.5 Å². The summed E-state index contributed by atoms with van der Waals surface area (Å²) in [4.78, 5) is 26.5. The van der Waals surface area contributed by atoms with Crippen LogP contribution in [0, 0.1) is 0 Å². The van der Waals surface area contributed by atoms with Crippen molar-refractivity contribution in [1.29, 1.82) is 0 Å². The topological polar surface area (TPSA) is 85.3 Å². The van der Waals surface area contributed by atoms with Gasteiger partial charge in [-0.1, -0.05) is 6.07 Å². The number of nitrogens with zero attached hydrogens (tertiary/aromatic N) is 1. The molecule has 1 aliphatic rings. The van der Waals surface area contributed by atoms with E-state index < -0.39 is 5.97 Å². The van der Waals surface area contributed by atoms with E-state index in [1.807, 2.05) is 12.1 Å². The molecule has 28 heavy (non-hydrogen) atoms. The lowest BCUT2D eigenvalue weighted by molar-refractivity contribution is -0.135. The summed E-state index contributed by atoms with van der Waals surface area (Å²) in [5.41, 5.74) is 1.06. The highest BCUT2D eigenvalue weighted by Gasteiger charge is 2.32. The summed E-state index contributed by atoms with van der Waals surface area (Å²) >= 11 is 0. The second kappa shape index (κ2) is 8.65. The summed E-state index contributed by atoms with van der Waals surface area (Å²) in [6, 6.07) is 11.1. The molecule has 1 amide bonds. The van der Waals surface area contributed by atoms with Crippen molar-refractivity contribution in [3.05, 3.63) is 53.6 Å². The van der Waals surface area contributed by atoms with Gasteiger partial charge in [0.05, 0.1) is 25.8 Å². The van der Waals surface area contributed by atoms with Gasteiger partial charge < -0.3 is 24.2 Å². The van der Waals surface area contributed by atoms with Gasteiger partial charge in [0.2, 0.25) is 0 Å². The Morgan fingerprint density at radius 1 is 1.14 bits per heavy atom. The van der Waals surface area contributed by atoms with Gasteiger partial charge in [-0.25, -0.2) is 4.79 Å². The van der Waals surface area contributed by atoms with Crippen molar-refractivity contribution in [2.45, 2.75) is 18.9 Å². The molecule has 0 saturated carbocycles. The van der Waals surface area contributed by atoms with Gasteiger partial charge in [0.25, 0.3) is 5.91 Å². The molecule has 0 bridgehead atoms. The lowest BCUT2D eigenvalue weighted by Crippen LogP contribution is -2.34. The number of methoxy groups -OCH3 is 2. The third kappa shape index (κ3) is 4.19. The molecular weight excluding hydrogens is 362 g/mol. The number of rotatable bonds is 6. The SMILES string of the molecule is COc1ccc(OC)c([C@@H]2CCCN2C(=O)COC(=O)c2cccc(O)c2)c1. The minimum absolute atomic E-state index is 0.0366. The Hall–Kier alpha value is -3.22. The smallest absolute Gasteiger partial charge is 0.338 e. The van der Waals surface area contributed by atoms with Crippen molar-refractivity contribution >= 4 is 11.9 Å². The van der Waals surface area contributed by atoms with Crippen LogP contribution in [0.25, 0.3) is 0 Å². The number of phenolic OH excluding ortho intramolecular Hbond substituents is 1. The third-order valence-electron chi connectivity index (χ3n) is 4.78. The number of carbonyl (C=O) groups excluding carboxylic acids is 2. The average molecular weight is 385 g/mol. The number of hydrogen-bond donors (Lipinski definition) is 1. The molecule has 1 fully saturated rings. The summed E-state index contributed by atoms with van der Waals surface area (Å²) < 4.78 is 15.9. The van der Waals surface area contributed by atoms with Crippen LogP contribution in [0.5, 0.6) is 17.2 Å². The Labute approximate surface area is 163 Å². The van der Waals surface area contributed by atoms with E-state index in [1.54, 1.807) is 31.3 Å². The highest BCUT2D eigenvalue weighted by Crippen LogP contribution is 2.38. The molecule has 148 valence electrons. The summed E-state index contributed by atoms with van der Waals surface area (Å²) in [5.74, 6) is 0.401. The molecule has 0 aromatic heterocycles. The molecule has 3 rings (SSSR count). The van der Waals surface area contributed by atoms with E-state index >= 15 is 0 Å². The summed E-state index contributed by atoms with van der Waals surface area (Å²) in [6.07, 6.45) is 1.63. The molecule has 2 aromatic rings. The van der Waals surface area contributed by atoms with Crippen LogP contribution in [0.4, 0.5) is 0 Å². The van der Waals surface area contributed by atoms with Crippen LogP contribution in [-0.2, 0) is 9.53 Å². The Morgan fingerprint density at radius 3 is 2.68 bits per heavy atom. The van der Waals surface area contributed by atoms with Gasteiger partial charge in [-0.05, 0) is 49.2 Å². The van der Waals surface area contributed by atoms with Gasteiger partial charge in [-0.15, -0.1) is 0 Å². The van der Waals surface area contributed by atoms with Crippen molar-refractivity contribution in [1.82, 2.24) is 4.90 Å². The predicted octanol–water partition coefficient (Wildman–Crippen LogP) is 2.93. The first-order valence-electron chi connectivity index (χ1n) is 9.01. The van der Waals surface area contributed by atoms with E-state index in [-0.39, 0.29) is 29.9 Å². The number of phenols is 1. The lowest BCUT2D eigenvalue weighted by atomic mass is 10.0. The minimum atomic E-state index is -0.654. The summed E-state index contributed by atoms with van der Waals surface area (Å²) in [5, 5.41) is 9.46. The second-order valence-electron chi connectivity index (χ2n) is 6.48. The van der Waals surface area contributed by atoms with Crippen LogP contribution in [0.1, 0.15) is 34.8 Å². The molecule has 1 atom stereocenters. The van der Waals surface area contributed by atoms with Crippen LogP contribution < -0.4 is 9.47 Å². The molecule has 0 unspecified atom stereocenters. The van der Waals surface area contributed by atoms with E-state index in [9.17, 15) is 14.7 Å². The highest BCUT2D eigenvalue weighted by atomic mass is 16.5. The maximum absolute atomic E-state index is 12.7. The zero-order valence-electron chi connectivity index (χ0n) is 15.9. The average Bonchev–Trinajstić information content (AvgIpc) is 3.21. The fourth-order valence-corrected chi connectivity index (χ4v) is 3.41. The van der Waals surface area contributed by atoms with Gasteiger partial charge in [0.15, 0.2) is 6.61 Å². The largest absolute Gasteiger partial charge is 0.508 e. The summed E-state index contributed by atoms with van der Waals surface area (Å²) in [7, 11) is 3.17. The number of benzene rings is 2. The maximum atomic E-state index is 12.7. The molecule has 2 aromatic carbocycles. The number of likely N-dealkylation sites (tertiary alicyclic amines) is 1. The van der Waals surface area contributed by atoms with Crippen LogP contribution in [0.2, 0.25) is 0 Å². The first-order chi connectivity index (χ1) is 13.5. The molecule has 1 saturated heterocycles. The molecule has 0 aliphatic carbocycles. The Balaban J connectivity index is 1.70. The molecule has 1 N–H and O–H groups in total. The van der Waals surface area contributed by atoms with Crippen LogP contribution in [0.3, 0.4) is 0 Å². The zero-order valence-corrected chi connectivity index (χ0v) is 15.9. The number of ether oxygens (including phenoxy) is 3. The van der Waals surface area contributed by atoms with Crippen LogP contribution in [-0.4, -0.2) is 49.3 Å². The van der Waals surface area contributed by atoms with Gasteiger partial charge in [-0.3, -0.25) is 4.79 Å². The number of hydrogen-bond acceptors (Lipinski definition) is 6. The van der Waals surface area contributed by atoms with Gasteiger partial charge >= 0.3 is 5.97 Å². The van der Waals surface area contributed by atoms with E-state index in [4.69, 9.17) is 14.2 Å². The number of carbonyl (C=O) groups is 2. The number of amides is 1. The number of esters is 1. The van der Waals surface area contributed by atoms with Gasteiger partial charge in [0.1, 0.15) is 17.2 Å². The monoisotopic (exact) mass is 385 g/mol. The Morgan fingerprint density at radius 2 is 1.96 bits per heavy atom. The fraction of sp³-hybridized carbons (Fsp3) is 0.333. The van der Waals surface area contributed by atoms with Crippen molar-refractivity contribution in [3.8, 4) is 17.2 Å². The molecule has 0 spiro atoms. The van der Waals surface area contributed by atoms with Gasteiger partial charge in [0, 0.05) is 12.1 Å². The van der Waals surface area contributed by atoms with Crippen LogP contribution >= 0.6 is 0 Å². The van der Waals surface area contributed by atoms with Crippen molar-refractivity contribution in [2.24, 2.45) is 0 Å². The number of aromatic hydroxyl groups is 1. The van der Waals surface area contributed by atoms with Gasteiger partial charge in [-0.2, -0.15) is 0 Å². The van der Waals surface area contributed by atoms with E-state index in [2.05, 4.69) is 0 Å². The predicted molar refractivity (Wildman–Crippen MR) is 102 cm³/mol. The molecule has 7 nitrogen and oxygen atoms in total. The molecule has 0 radical (unpaired) electrons. The fourth-order valence-electron chi connectivity index (χ4n) is 3.41. The molecule has 1 heterocycles. The zero-order chi connectivity index (χ0) is 20.1. The normalized spacial score (nSPS) is 15.9. The first kappa shape index (κ1) is 19.5. The highest BCUT2D eigenvalue weighted by molar-refractivity contribution is 5.91. The summed E-state index contributed by atoms with van der Waals surface area (Å²) in [6.45, 7) is 0.213. The molecule has 7 heteroatoms. The van der Waals surface area contributed by atoms with Crippen molar-refractivity contribution < 1.29 is 28.9 Å². The lowest BCUT2D eigenvalue weighted by Gasteiger charge is -2.26.